The summed E-state index contributed by atoms with van der Waals surface area (Å²) in [5, 5.41) is 11.4. The van der Waals surface area contributed by atoms with Crippen LogP contribution in [0.5, 0.6) is 0 Å². The number of aromatic nitrogens is 2. The number of ether oxygens (including phenoxy) is 1. The predicted octanol–water partition coefficient (Wildman–Crippen LogP) is 5.45. The molecule has 11 heteroatoms. The highest BCUT2D eigenvalue weighted by Crippen LogP contribution is 2.46. The molecule has 2 aliphatic rings. The zero-order valence-corrected chi connectivity index (χ0v) is 28.3. The number of rotatable bonds is 10. The van der Waals surface area contributed by atoms with Gasteiger partial charge in [-0.1, -0.05) is 36.7 Å². The van der Waals surface area contributed by atoms with E-state index in [0.717, 1.165) is 44.6 Å². The molecule has 234 valence electrons. The Kier molecular flexibility index (Phi) is 9.40. The molecule has 1 saturated heterocycles. The molecule has 2 unspecified atom stereocenters. The minimum Gasteiger partial charge on any atom is -0.448 e. The molecule has 0 bridgehead atoms. The summed E-state index contributed by atoms with van der Waals surface area (Å²) in [6, 6.07) is 6.40. The van der Waals surface area contributed by atoms with E-state index < -0.39 is 9.84 Å². The summed E-state index contributed by atoms with van der Waals surface area (Å²) in [7, 11) is -1.24. The van der Waals surface area contributed by atoms with E-state index in [0.29, 0.717) is 31.9 Å². The van der Waals surface area contributed by atoms with Crippen LogP contribution >= 0.6 is 15.9 Å². The number of halogens is 1. The van der Waals surface area contributed by atoms with Crippen molar-refractivity contribution in [2.45, 2.75) is 66.2 Å². The molecule has 43 heavy (non-hydrogen) atoms. The zero-order valence-electron chi connectivity index (χ0n) is 25.9. The number of sulfone groups is 1. The molecular weight excluding hydrogens is 632 g/mol. The van der Waals surface area contributed by atoms with Gasteiger partial charge >= 0.3 is 0 Å². The molecular formula is C32H43BrN4O5S. The summed E-state index contributed by atoms with van der Waals surface area (Å²) in [4.78, 5) is 12.0. The van der Waals surface area contributed by atoms with Gasteiger partial charge in [0.25, 0.3) is 0 Å². The van der Waals surface area contributed by atoms with Crippen LogP contribution in [0.15, 0.2) is 44.0 Å². The number of aliphatic imine (C=N–C) groups is 1. The van der Waals surface area contributed by atoms with E-state index >= 15 is 0 Å². The van der Waals surface area contributed by atoms with Gasteiger partial charge in [0.15, 0.2) is 9.84 Å². The lowest BCUT2D eigenvalue weighted by atomic mass is 9.78. The second kappa shape index (κ2) is 12.6. The lowest BCUT2D eigenvalue weighted by molar-refractivity contribution is 0.145. The molecule has 0 spiro atoms. The number of benzene rings is 1. The van der Waals surface area contributed by atoms with Crippen molar-refractivity contribution in [2.24, 2.45) is 16.3 Å². The number of hydrogen-bond donors (Lipinski definition) is 1. The predicted molar refractivity (Wildman–Crippen MR) is 174 cm³/mol. The Morgan fingerprint density at radius 2 is 1.98 bits per heavy atom. The molecule has 2 aromatic heterocycles. The number of hydrogen-bond acceptors (Lipinski definition) is 8. The van der Waals surface area contributed by atoms with Crippen LogP contribution in [0.3, 0.4) is 0 Å². The lowest BCUT2D eigenvalue weighted by Crippen LogP contribution is -2.39. The first-order valence-corrected chi connectivity index (χ1v) is 17.6. The molecule has 1 fully saturated rings. The first-order valence-electron chi connectivity index (χ1n) is 15.0. The number of allylic oxidation sites excluding steroid dienone is 1. The van der Waals surface area contributed by atoms with Gasteiger partial charge in [-0.25, -0.2) is 13.4 Å². The zero-order chi connectivity index (χ0) is 31.1. The molecule has 9 nitrogen and oxygen atoms in total. The maximum absolute atomic E-state index is 11.9. The number of aliphatic hydroxyl groups is 1. The highest BCUT2D eigenvalue weighted by molar-refractivity contribution is 9.10. The van der Waals surface area contributed by atoms with Gasteiger partial charge in [-0.15, -0.1) is 0 Å². The van der Waals surface area contributed by atoms with Crippen molar-refractivity contribution < 1.29 is 22.7 Å². The van der Waals surface area contributed by atoms with E-state index in [4.69, 9.17) is 19.1 Å². The number of nitrogens with zero attached hydrogens (tertiary/aromatic N) is 4. The fourth-order valence-electron chi connectivity index (χ4n) is 6.25. The van der Waals surface area contributed by atoms with Gasteiger partial charge in [-0.2, -0.15) is 0 Å². The van der Waals surface area contributed by atoms with Crippen molar-refractivity contribution in [1.29, 1.82) is 0 Å². The largest absolute Gasteiger partial charge is 0.448 e. The maximum atomic E-state index is 11.9. The highest BCUT2D eigenvalue weighted by Gasteiger charge is 2.37. The van der Waals surface area contributed by atoms with Crippen LogP contribution in [0.4, 0.5) is 0 Å². The van der Waals surface area contributed by atoms with Gasteiger partial charge in [0.05, 0.1) is 40.6 Å². The Balaban J connectivity index is 1.59. The summed E-state index contributed by atoms with van der Waals surface area (Å²) >= 11 is 3.69. The van der Waals surface area contributed by atoms with E-state index in [-0.39, 0.29) is 41.5 Å². The van der Waals surface area contributed by atoms with Crippen LogP contribution in [0.1, 0.15) is 63.4 Å². The first kappa shape index (κ1) is 32.1. The number of aliphatic hydroxyl groups excluding tert-OH is 1. The topological polar surface area (TPSA) is 110 Å². The lowest BCUT2D eigenvalue weighted by Gasteiger charge is -2.31. The molecule has 3 aromatic rings. The van der Waals surface area contributed by atoms with Crippen LogP contribution in [0.2, 0.25) is 0 Å². The third-order valence-corrected chi connectivity index (χ3v) is 10.9. The molecule has 3 atom stereocenters. The maximum Gasteiger partial charge on any atom is 0.203 e. The number of aryl methyl sites for hydroxylation is 1. The average Bonchev–Trinajstić information content (AvgIpc) is 3.55. The molecule has 5 rings (SSSR count). The van der Waals surface area contributed by atoms with Crippen molar-refractivity contribution >= 4 is 48.5 Å². The Bertz CT molecular complexity index is 1640. The Hall–Kier alpha value is -2.31. The molecule has 4 heterocycles. The van der Waals surface area contributed by atoms with Crippen molar-refractivity contribution in [2.75, 3.05) is 38.3 Å². The summed E-state index contributed by atoms with van der Waals surface area (Å²) in [5.74, 6) is 0.709. The number of oxazole rings is 1. The average molecular weight is 676 g/mol. The molecule has 0 radical (unpaired) electrons. The van der Waals surface area contributed by atoms with Crippen LogP contribution < -0.4 is 0 Å². The third kappa shape index (κ3) is 6.56. The molecule has 0 amide bonds. The van der Waals surface area contributed by atoms with Crippen LogP contribution in [0.25, 0.3) is 16.5 Å². The van der Waals surface area contributed by atoms with Crippen LogP contribution in [0, 0.1) is 11.3 Å². The van der Waals surface area contributed by atoms with Gasteiger partial charge in [-0.05, 0) is 49.4 Å². The quantitative estimate of drug-likeness (QED) is 0.304. The van der Waals surface area contributed by atoms with Gasteiger partial charge in [-0.3, -0.25) is 9.89 Å². The van der Waals surface area contributed by atoms with E-state index in [2.05, 4.69) is 71.3 Å². The van der Waals surface area contributed by atoms with Gasteiger partial charge in [0, 0.05) is 73.0 Å². The number of methoxy groups -OCH3 is 1. The third-order valence-electron chi connectivity index (χ3n) is 8.85. The van der Waals surface area contributed by atoms with Crippen molar-refractivity contribution in [1.82, 2.24) is 14.5 Å². The van der Waals surface area contributed by atoms with Crippen molar-refractivity contribution in [3.8, 4) is 0 Å². The van der Waals surface area contributed by atoms with E-state index in [1.54, 1.807) is 13.4 Å². The summed E-state index contributed by atoms with van der Waals surface area (Å²) in [5.41, 5.74) is 5.88. The molecule has 2 aliphatic heterocycles. The standard InChI is InChI=1S/C32H43BrN4O5S/c1-7-37-27-9-8-22(33)14-24(27)25(15-32(4,5)19-38)30(37)28-20(2)26(16-34-29(28)21(3)41-6)31-35-23(18-42-31)17-36-10-12-43(39,40)13-11-36/h8-9,14,16,18,20-21,26,38H,7,10-13,15,17,19H2,1-6H3/t20?,21-,26?/m0/s1. The highest BCUT2D eigenvalue weighted by atomic mass is 79.9. The van der Waals surface area contributed by atoms with E-state index in [1.165, 1.54) is 5.56 Å². The fourth-order valence-corrected chi connectivity index (χ4v) is 7.89. The van der Waals surface area contributed by atoms with Crippen LogP contribution in [-0.4, -0.2) is 78.6 Å². The van der Waals surface area contributed by atoms with Gasteiger partial charge < -0.3 is 18.8 Å². The minimum atomic E-state index is -2.95. The monoisotopic (exact) mass is 674 g/mol. The Labute approximate surface area is 263 Å². The fraction of sp³-hybridized carbons (Fsp3) is 0.562. The SMILES string of the molecule is CCn1c(C2=C([C@H](C)OC)N=CC(c3nc(CN4CCS(=O)(=O)CC4)co3)C2C)c(CC(C)(C)CO)c2cc(Br)ccc21. The summed E-state index contributed by atoms with van der Waals surface area (Å²) in [6.45, 7) is 12.9. The van der Waals surface area contributed by atoms with Gasteiger partial charge in [0.1, 0.15) is 6.26 Å². The van der Waals surface area contributed by atoms with Crippen LogP contribution in [-0.2, 0) is 34.1 Å². The normalized spacial score (nSPS) is 22.0. The molecule has 1 N–H and O–H groups in total. The Morgan fingerprint density at radius 1 is 1.26 bits per heavy atom. The summed E-state index contributed by atoms with van der Waals surface area (Å²) < 4.78 is 39.0. The van der Waals surface area contributed by atoms with E-state index in [9.17, 15) is 13.5 Å². The Morgan fingerprint density at radius 3 is 2.63 bits per heavy atom. The molecule has 1 aromatic carbocycles. The number of fused-ring (bicyclic) bond motifs is 1. The molecule has 0 saturated carbocycles. The van der Waals surface area contributed by atoms with Crippen molar-refractivity contribution in [3.05, 3.63) is 57.5 Å². The van der Waals surface area contributed by atoms with E-state index in [1.807, 2.05) is 13.1 Å². The second-order valence-electron chi connectivity index (χ2n) is 12.6. The molecule has 0 aliphatic carbocycles. The summed E-state index contributed by atoms with van der Waals surface area (Å²) in [6.07, 6.45) is 4.06. The smallest absolute Gasteiger partial charge is 0.203 e. The van der Waals surface area contributed by atoms with Gasteiger partial charge in [0.2, 0.25) is 5.89 Å². The first-order chi connectivity index (χ1) is 20.4. The minimum absolute atomic E-state index is 0.0363. The second-order valence-corrected chi connectivity index (χ2v) is 15.8. The van der Waals surface area contributed by atoms with Crippen molar-refractivity contribution in [3.63, 3.8) is 0 Å².